The highest BCUT2D eigenvalue weighted by atomic mass is 16.5. The van der Waals surface area contributed by atoms with E-state index in [1.54, 1.807) is 31.4 Å². The van der Waals surface area contributed by atoms with Gasteiger partial charge in [0.2, 0.25) is 5.91 Å². The summed E-state index contributed by atoms with van der Waals surface area (Å²) in [5, 5.41) is 6.78. The molecule has 2 aromatic rings. The first-order valence-corrected chi connectivity index (χ1v) is 12.5. The maximum Gasteiger partial charge on any atom is 0.251 e. The quantitative estimate of drug-likeness (QED) is 0.626. The number of fused-ring (bicyclic) bond motifs is 3. The Balaban J connectivity index is 1.36. The standard InChI is InChI=1S/C28H32N4O3/c1-29-19-13-11-18(12-14-19)27(33)31-24-10-6-4-8-22(24)28(34)32-16-15-21-25(17-35-2)30-23-9-5-3-7-20(23)26(21)32/h3,5,7,9,11-14,21-22,24-26,30H,4,6,8,10,15-17H2,2H3,(H,31,33)/t21-,22+,24-,25+,26+/m1/s1. The van der Waals surface area contributed by atoms with Gasteiger partial charge in [0.05, 0.1) is 31.2 Å². The smallest absolute Gasteiger partial charge is 0.251 e. The van der Waals surface area contributed by atoms with Crippen LogP contribution in [0.1, 0.15) is 54.1 Å². The highest BCUT2D eigenvalue weighted by Crippen LogP contribution is 2.47. The molecule has 2 heterocycles. The molecule has 2 fully saturated rings. The number of methoxy groups -OCH3 is 1. The van der Waals surface area contributed by atoms with Crippen molar-refractivity contribution in [1.29, 1.82) is 0 Å². The lowest BCUT2D eigenvalue weighted by molar-refractivity contribution is -0.139. The van der Waals surface area contributed by atoms with Gasteiger partial charge < -0.3 is 20.3 Å². The molecule has 0 radical (unpaired) electrons. The molecule has 2 amide bonds. The lowest BCUT2D eigenvalue weighted by Crippen LogP contribution is -2.50. The maximum absolute atomic E-state index is 14.0. The zero-order valence-corrected chi connectivity index (χ0v) is 20.1. The second kappa shape index (κ2) is 10.1. The molecule has 1 saturated carbocycles. The van der Waals surface area contributed by atoms with E-state index in [1.807, 2.05) is 12.1 Å². The van der Waals surface area contributed by atoms with Crippen LogP contribution < -0.4 is 10.6 Å². The number of para-hydroxylation sites is 1. The van der Waals surface area contributed by atoms with Gasteiger partial charge in [-0.15, -0.1) is 0 Å². The Kier molecular flexibility index (Phi) is 6.74. The van der Waals surface area contributed by atoms with Crippen LogP contribution in [0.4, 0.5) is 11.4 Å². The Morgan fingerprint density at radius 3 is 2.66 bits per heavy atom. The van der Waals surface area contributed by atoms with E-state index in [1.165, 1.54) is 5.56 Å². The van der Waals surface area contributed by atoms with Gasteiger partial charge in [-0.25, -0.2) is 4.85 Å². The molecule has 0 bridgehead atoms. The lowest BCUT2D eigenvalue weighted by Gasteiger charge is -2.41. The average molecular weight is 473 g/mol. The molecule has 2 N–H and O–H groups in total. The van der Waals surface area contributed by atoms with Crippen molar-refractivity contribution >= 4 is 23.2 Å². The minimum atomic E-state index is -0.225. The number of benzene rings is 2. The topological polar surface area (TPSA) is 75.0 Å². The fraction of sp³-hybridized carbons (Fsp3) is 0.464. The number of nitrogens with one attached hydrogen (secondary N) is 2. The first-order chi connectivity index (χ1) is 17.1. The number of carbonyl (C=O) groups excluding carboxylic acids is 2. The van der Waals surface area contributed by atoms with Crippen LogP contribution in [0.5, 0.6) is 0 Å². The second-order valence-electron chi connectivity index (χ2n) is 9.85. The molecule has 182 valence electrons. The third kappa shape index (κ3) is 4.51. The van der Waals surface area contributed by atoms with Crippen molar-refractivity contribution in [2.45, 2.75) is 50.2 Å². The number of hydrogen-bond donors (Lipinski definition) is 2. The summed E-state index contributed by atoms with van der Waals surface area (Å²) in [7, 11) is 1.72. The van der Waals surface area contributed by atoms with Crippen LogP contribution in [0.2, 0.25) is 0 Å². The molecule has 7 heteroatoms. The molecule has 5 atom stereocenters. The summed E-state index contributed by atoms with van der Waals surface area (Å²) in [5.74, 6) is 0.0416. The largest absolute Gasteiger partial charge is 0.383 e. The summed E-state index contributed by atoms with van der Waals surface area (Å²) in [6, 6.07) is 14.9. The zero-order valence-electron chi connectivity index (χ0n) is 20.1. The molecule has 7 nitrogen and oxygen atoms in total. The summed E-state index contributed by atoms with van der Waals surface area (Å²) >= 11 is 0. The van der Waals surface area contributed by atoms with Crippen LogP contribution in [0.3, 0.4) is 0 Å². The first-order valence-electron chi connectivity index (χ1n) is 12.5. The Bertz CT molecular complexity index is 1130. The van der Waals surface area contributed by atoms with Crippen molar-refractivity contribution < 1.29 is 14.3 Å². The van der Waals surface area contributed by atoms with Gasteiger partial charge in [0.1, 0.15) is 0 Å². The summed E-state index contributed by atoms with van der Waals surface area (Å²) in [5.41, 5.74) is 3.27. The predicted octanol–water partition coefficient (Wildman–Crippen LogP) is 4.56. The maximum atomic E-state index is 14.0. The van der Waals surface area contributed by atoms with E-state index < -0.39 is 0 Å². The van der Waals surface area contributed by atoms with E-state index >= 15 is 0 Å². The summed E-state index contributed by atoms with van der Waals surface area (Å²) in [4.78, 5) is 32.5. The van der Waals surface area contributed by atoms with Crippen LogP contribution in [-0.4, -0.2) is 49.1 Å². The first kappa shape index (κ1) is 23.4. The monoisotopic (exact) mass is 472 g/mol. The molecule has 3 aliphatic rings. The molecule has 1 aliphatic carbocycles. The van der Waals surface area contributed by atoms with Crippen LogP contribution in [0, 0.1) is 18.4 Å². The molecular weight excluding hydrogens is 440 g/mol. The van der Waals surface area contributed by atoms with Crippen molar-refractivity contribution in [3.63, 3.8) is 0 Å². The van der Waals surface area contributed by atoms with Crippen LogP contribution in [0.15, 0.2) is 48.5 Å². The summed E-state index contributed by atoms with van der Waals surface area (Å²) < 4.78 is 5.50. The molecule has 0 aromatic heterocycles. The molecular formula is C28H32N4O3. The van der Waals surface area contributed by atoms with Gasteiger partial charge in [-0.05, 0) is 30.9 Å². The fourth-order valence-electron chi connectivity index (χ4n) is 6.17. The Labute approximate surface area is 206 Å². The third-order valence-electron chi connectivity index (χ3n) is 7.87. The molecule has 35 heavy (non-hydrogen) atoms. The minimum absolute atomic E-state index is 0.0274. The van der Waals surface area contributed by atoms with E-state index in [0.717, 1.165) is 44.3 Å². The molecule has 2 aromatic carbocycles. The fourth-order valence-corrected chi connectivity index (χ4v) is 6.17. The molecule has 0 unspecified atom stereocenters. The molecule has 1 saturated heterocycles. The van der Waals surface area contributed by atoms with Gasteiger partial charge in [-0.2, -0.15) is 0 Å². The normalized spacial score (nSPS) is 27.2. The van der Waals surface area contributed by atoms with Gasteiger partial charge in [0.25, 0.3) is 5.91 Å². The van der Waals surface area contributed by atoms with E-state index in [-0.39, 0.29) is 35.9 Å². The number of nitrogens with zero attached hydrogens (tertiary/aromatic N) is 2. The number of likely N-dealkylation sites (tertiary alicyclic amines) is 1. The number of rotatable bonds is 5. The van der Waals surface area contributed by atoms with E-state index in [2.05, 4.69) is 32.5 Å². The highest BCUT2D eigenvalue weighted by Gasteiger charge is 2.48. The van der Waals surface area contributed by atoms with Gasteiger partial charge >= 0.3 is 0 Å². The molecule has 5 rings (SSSR count). The van der Waals surface area contributed by atoms with Crippen molar-refractivity contribution in [1.82, 2.24) is 10.2 Å². The number of carbonyl (C=O) groups is 2. The predicted molar refractivity (Wildman–Crippen MR) is 134 cm³/mol. The Morgan fingerprint density at radius 1 is 1.11 bits per heavy atom. The zero-order chi connectivity index (χ0) is 24.4. The van der Waals surface area contributed by atoms with Gasteiger partial charge in [-0.1, -0.05) is 55.3 Å². The number of hydrogen-bond acceptors (Lipinski definition) is 4. The molecule has 2 aliphatic heterocycles. The SMILES string of the molecule is [C-]#[N+]c1ccc(C(=O)N[C@@H]2CCCC[C@@H]2C(=O)N2CC[C@@H]3[C@H](COC)Nc4ccccc4[C@@H]32)cc1. The minimum Gasteiger partial charge on any atom is -0.383 e. The van der Waals surface area contributed by atoms with E-state index in [4.69, 9.17) is 11.3 Å². The van der Waals surface area contributed by atoms with Crippen LogP contribution in [0.25, 0.3) is 4.85 Å². The van der Waals surface area contributed by atoms with Crippen LogP contribution >= 0.6 is 0 Å². The van der Waals surface area contributed by atoms with Crippen molar-refractivity contribution in [2.75, 3.05) is 25.6 Å². The van der Waals surface area contributed by atoms with Crippen molar-refractivity contribution in [2.24, 2.45) is 11.8 Å². The van der Waals surface area contributed by atoms with E-state index in [0.29, 0.717) is 23.8 Å². The number of amides is 2. The Hall–Kier alpha value is -3.37. The number of anilines is 1. The van der Waals surface area contributed by atoms with E-state index in [9.17, 15) is 9.59 Å². The summed E-state index contributed by atoms with van der Waals surface area (Å²) in [6.07, 6.45) is 4.52. The van der Waals surface area contributed by atoms with Gasteiger partial charge in [-0.3, -0.25) is 9.59 Å². The average Bonchev–Trinajstić information content (AvgIpc) is 3.35. The Morgan fingerprint density at radius 2 is 1.89 bits per heavy atom. The van der Waals surface area contributed by atoms with Crippen molar-refractivity contribution in [3.05, 3.63) is 71.1 Å². The summed E-state index contributed by atoms with van der Waals surface area (Å²) in [6.45, 7) is 8.42. The highest BCUT2D eigenvalue weighted by molar-refractivity contribution is 5.95. The lowest BCUT2D eigenvalue weighted by atomic mass is 9.81. The second-order valence-corrected chi connectivity index (χ2v) is 9.85. The number of ether oxygens (including phenoxy) is 1. The third-order valence-corrected chi connectivity index (χ3v) is 7.87. The van der Waals surface area contributed by atoms with Gasteiger partial charge in [0.15, 0.2) is 5.69 Å². The van der Waals surface area contributed by atoms with Crippen molar-refractivity contribution in [3.8, 4) is 0 Å². The molecule has 0 spiro atoms. The van der Waals surface area contributed by atoms with Gasteiger partial charge in [0, 0.05) is 36.9 Å². The van der Waals surface area contributed by atoms with Crippen LogP contribution in [-0.2, 0) is 9.53 Å².